The molecule has 0 spiro atoms. The van der Waals surface area contributed by atoms with Gasteiger partial charge in [0.1, 0.15) is 5.54 Å². The van der Waals surface area contributed by atoms with E-state index in [1.54, 1.807) is 18.2 Å². The van der Waals surface area contributed by atoms with E-state index in [0.717, 1.165) is 0 Å². The number of hydrogen-bond acceptors (Lipinski definition) is 4. The SMILES string of the molecule is CC(C)(NCc1ccccc1[N+](=O)[O-])C(=O)O. The van der Waals surface area contributed by atoms with Crippen LogP contribution in [0.3, 0.4) is 0 Å². The molecule has 2 N–H and O–H groups in total. The molecule has 6 nitrogen and oxygen atoms in total. The van der Waals surface area contributed by atoms with Crippen LogP contribution in [-0.4, -0.2) is 21.5 Å². The number of nitrogens with one attached hydrogen (secondary N) is 1. The van der Waals surface area contributed by atoms with E-state index >= 15 is 0 Å². The van der Waals surface area contributed by atoms with Crippen molar-refractivity contribution in [2.45, 2.75) is 25.9 Å². The summed E-state index contributed by atoms with van der Waals surface area (Å²) in [6.07, 6.45) is 0. The Balaban J connectivity index is 2.83. The molecular weight excluding hydrogens is 224 g/mol. The summed E-state index contributed by atoms with van der Waals surface area (Å²) < 4.78 is 0. The van der Waals surface area contributed by atoms with E-state index in [-0.39, 0.29) is 12.2 Å². The number of nitrogens with zero attached hydrogens (tertiary/aromatic N) is 1. The van der Waals surface area contributed by atoms with Crippen molar-refractivity contribution in [3.05, 3.63) is 39.9 Å². The average molecular weight is 238 g/mol. The summed E-state index contributed by atoms with van der Waals surface area (Å²) >= 11 is 0. The van der Waals surface area contributed by atoms with Crippen molar-refractivity contribution in [1.29, 1.82) is 0 Å². The van der Waals surface area contributed by atoms with E-state index in [9.17, 15) is 14.9 Å². The number of rotatable bonds is 5. The van der Waals surface area contributed by atoms with E-state index in [0.29, 0.717) is 5.56 Å². The van der Waals surface area contributed by atoms with Crippen LogP contribution < -0.4 is 5.32 Å². The summed E-state index contributed by atoms with van der Waals surface area (Å²) in [7, 11) is 0. The largest absolute Gasteiger partial charge is 0.480 e. The Morgan fingerprint density at radius 2 is 2.06 bits per heavy atom. The first-order chi connectivity index (χ1) is 7.84. The van der Waals surface area contributed by atoms with Crippen molar-refractivity contribution in [2.75, 3.05) is 0 Å². The van der Waals surface area contributed by atoms with E-state index < -0.39 is 16.4 Å². The topological polar surface area (TPSA) is 92.5 Å². The molecule has 0 amide bonds. The molecule has 0 radical (unpaired) electrons. The van der Waals surface area contributed by atoms with Crippen LogP contribution in [0, 0.1) is 10.1 Å². The monoisotopic (exact) mass is 238 g/mol. The minimum absolute atomic E-state index is 0.0128. The van der Waals surface area contributed by atoms with Gasteiger partial charge in [-0.25, -0.2) is 0 Å². The molecular formula is C11H14N2O4. The van der Waals surface area contributed by atoms with Crippen LogP contribution in [-0.2, 0) is 11.3 Å². The number of benzene rings is 1. The van der Waals surface area contributed by atoms with Gasteiger partial charge in [0.05, 0.1) is 4.92 Å². The minimum atomic E-state index is -1.12. The Morgan fingerprint density at radius 3 is 2.59 bits per heavy atom. The Hall–Kier alpha value is -1.95. The lowest BCUT2D eigenvalue weighted by molar-refractivity contribution is -0.385. The van der Waals surface area contributed by atoms with Crippen LogP contribution in [0.15, 0.2) is 24.3 Å². The van der Waals surface area contributed by atoms with Gasteiger partial charge in [-0.1, -0.05) is 18.2 Å². The molecule has 0 atom stereocenters. The molecule has 92 valence electrons. The molecule has 1 rings (SSSR count). The first-order valence-electron chi connectivity index (χ1n) is 5.05. The fourth-order valence-corrected chi connectivity index (χ4v) is 1.23. The van der Waals surface area contributed by atoms with Crippen molar-refractivity contribution in [1.82, 2.24) is 5.32 Å². The van der Waals surface area contributed by atoms with E-state index in [1.807, 2.05) is 0 Å². The lowest BCUT2D eigenvalue weighted by Gasteiger charge is -2.20. The number of nitro benzene ring substituents is 1. The molecule has 0 aliphatic rings. The van der Waals surface area contributed by atoms with Gasteiger partial charge in [-0.3, -0.25) is 20.2 Å². The molecule has 6 heteroatoms. The number of para-hydroxylation sites is 1. The Kier molecular flexibility index (Phi) is 3.80. The second kappa shape index (κ2) is 4.92. The summed E-state index contributed by atoms with van der Waals surface area (Å²) in [5, 5.41) is 22.4. The molecule has 17 heavy (non-hydrogen) atoms. The molecule has 0 saturated carbocycles. The van der Waals surface area contributed by atoms with Crippen LogP contribution in [0.25, 0.3) is 0 Å². The van der Waals surface area contributed by atoms with Gasteiger partial charge in [-0.2, -0.15) is 0 Å². The highest BCUT2D eigenvalue weighted by atomic mass is 16.6. The van der Waals surface area contributed by atoms with Crippen LogP contribution in [0.5, 0.6) is 0 Å². The fourth-order valence-electron chi connectivity index (χ4n) is 1.23. The molecule has 1 aromatic rings. The Labute approximate surface area is 98.4 Å². The normalized spacial score (nSPS) is 11.2. The molecule has 0 heterocycles. The number of carbonyl (C=O) groups is 1. The maximum atomic E-state index is 10.9. The maximum Gasteiger partial charge on any atom is 0.323 e. The van der Waals surface area contributed by atoms with Gasteiger partial charge in [0.15, 0.2) is 0 Å². The first kappa shape index (κ1) is 13.1. The van der Waals surface area contributed by atoms with Gasteiger partial charge in [0, 0.05) is 18.2 Å². The van der Waals surface area contributed by atoms with E-state index in [2.05, 4.69) is 5.32 Å². The second-order valence-corrected chi connectivity index (χ2v) is 4.17. The van der Waals surface area contributed by atoms with Crippen LogP contribution in [0.1, 0.15) is 19.4 Å². The van der Waals surface area contributed by atoms with Gasteiger partial charge in [-0.05, 0) is 13.8 Å². The first-order valence-corrected chi connectivity index (χ1v) is 5.05. The molecule has 0 saturated heterocycles. The molecule has 0 aliphatic heterocycles. The minimum Gasteiger partial charge on any atom is -0.480 e. The van der Waals surface area contributed by atoms with Crippen molar-refractivity contribution in [3.63, 3.8) is 0 Å². The highest BCUT2D eigenvalue weighted by Crippen LogP contribution is 2.18. The Bertz CT molecular complexity index is 443. The average Bonchev–Trinajstić information content (AvgIpc) is 2.26. The van der Waals surface area contributed by atoms with Crippen LogP contribution >= 0.6 is 0 Å². The van der Waals surface area contributed by atoms with Crippen molar-refractivity contribution < 1.29 is 14.8 Å². The smallest absolute Gasteiger partial charge is 0.323 e. The molecule has 0 aromatic heterocycles. The highest BCUT2D eigenvalue weighted by Gasteiger charge is 2.27. The third-order valence-corrected chi connectivity index (χ3v) is 2.44. The van der Waals surface area contributed by atoms with Gasteiger partial charge in [0.2, 0.25) is 0 Å². The number of carboxylic acids is 1. The second-order valence-electron chi connectivity index (χ2n) is 4.17. The van der Waals surface area contributed by atoms with E-state index in [4.69, 9.17) is 5.11 Å². The lowest BCUT2D eigenvalue weighted by atomic mass is 10.1. The summed E-state index contributed by atoms with van der Waals surface area (Å²) in [5.74, 6) is -1.00. The predicted molar refractivity (Wildman–Crippen MR) is 61.7 cm³/mol. The number of aliphatic carboxylic acids is 1. The molecule has 0 bridgehead atoms. The Morgan fingerprint density at radius 1 is 1.47 bits per heavy atom. The van der Waals surface area contributed by atoms with E-state index in [1.165, 1.54) is 19.9 Å². The number of hydrogen-bond donors (Lipinski definition) is 2. The fraction of sp³-hybridized carbons (Fsp3) is 0.364. The molecule has 0 fully saturated rings. The van der Waals surface area contributed by atoms with Crippen LogP contribution in [0.4, 0.5) is 5.69 Å². The van der Waals surface area contributed by atoms with Gasteiger partial charge in [0.25, 0.3) is 5.69 Å². The standard InChI is InChI=1S/C11H14N2O4/c1-11(2,10(14)15)12-7-8-5-3-4-6-9(8)13(16)17/h3-6,12H,7H2,1-2H3,(H,14,15). The molecule has 0 aliphatic carbocycles. The van der Waals surface area contributed by atoms with Crippen molar-refractivity contribution in [2.24, 2.45) is 0 Å². The summed E-state index contributed by atoms with van der Waals surface area (Å²) in [6.45, 7) is 3.14. The highest BCUT2D eigenvalue weighted by molar-refractivity contribution is 5.77. The summed E-state index contributed by atoms with van der Waals surface area (Å²) in [4.78, 5) is 21.1. The maximum absolute atomic E-state index is 10.9. The van der Waals surface area contributed by atoms with Crippen LogP contribution in [0.2, 0.25) is 0 Å². The van der Waals surface area contributed by atoms with Gasteiger partial charge < -0.3 is 5.11 Å². The third-order valence-electron chi connectivity index (χ3n) is 2.44. The molecule has 1 aromatic carbocycles. The number of nitro groups is 1. The zero-order valence-corrected chi connectivity index (χ0v) is 9.64. The zero-order chi connectivity index (χ0) is 13.1. The van der Waals surface area contributed by atoms with Gasteiger partial charge in [-0.15, -0.1) is 0 Å². The lowest BCUT2D eigenvalue weighted by Crippen LogP contribution is -2.46. The number of carboxylic acid groups (broad SMARTS) is 1. The van der Waals surface area contributed by atoms with Crippen molar-refractivity contribution in [3.8, 4) is 0 Å². The summed E-state index contributed by atoms with van der Waals surface area (Å²) in [5.41, 5.74) is -0.669. The third kappa shape index (κ3) is 3.25. The predicted octanol–water partition coefficient (Wildman–Crippen LogP) is 1.55. The molecule has 0 unspecified atom stereocenters. The summed E-state index contributed by atoms with van der Waals surface area (Å²) in [6, 6.07) is 6.25. The van der Waals surface area contributed by atoms with Crippen molar-refractivity contribution >= 4 is 11.7 Å². The quantitative estimate of drug-likeness (QED) is 0.599. The van der Waals surface area contributed by atoms with Gasteiger partial charge >= 0.3 is 5.97 Å². The zero-order valence-electron chi connectivity index (χ0n) is 9.64.